The topological polar surface area (TPSA) is 44.9 Å². The lowest BCUT2D eigenvalue weighted by Crippen LogP contribution is -2.25. The minimum atomic E-state index is -0.0839. The van der Waals surface area contributed by atoms with Crippen LogP contribution in [0.15, 0.2) is 15.9 Å². The summed E-state index contributed by atoms with van der Waals surface area (Å²) in [5, 5.41) is 4.76. The predicted octanol–water partition coefficient (Wildman–Crippen LogP) is 2.65. The van der Waals surface area contributed by atoms with Crippen molar-refractivity contribution in [2.45, 2.75) is 0 Å². The summed E-state index contributed by atoms with van der Waals surface area (Å²) in [7, 11) is 0. The molecule has 0 aromatic carbocycles. The fraction of sp³-hybridized carbons (Fsp3) is 0.222. The van der Waals surface area contributed by atoms with E-state index in [4.69, 9.17) is 0 Å². The highest BCUT2D eigenvalue weighted by Crippen LogP contribution is 2.30. The van der Waals surface area contributed by atoms with Gasteiger partial charge in [0.05, 0.1) is 14.7 Å². The molecule has 0 fully saturated rings. The highest BCUT2D eigenvalue weighted by atomic mass is 79.9. The zero-order chi connectivity index (χ0) is 10.8. The highest BCUT2D eigenvalue weighted by Gasteiger charge is 2.11. The summed E-state index contributed by atoms with van der Waals surface area (Å²) in [4.78, 5) is 14.7. The third-order valence-corrected chi connectivity index (χ3v) is 4.03. The fourth-order valence-corrected chi connectivity index (χ4v) is 2.92. The van der Waals surface area contributed by atoms with E-state index in [1.54, 1.807) is 11.3 Å². The maximum atomic E-state index is 11.6. The maximum absolute atomic E-state index is 11.6. The SMILES string of the molecule is O=C(NCCS)c1cc2scc(Br)c2[nH]1. The lowest BCUT2D eigenvalue weighted by molar-refractivity contribution is 0.0952. The molecule has 0 saturated heterocycles. The van der Waals surface area contributed by atoms with Crippen LogP contribution in [0.25, 0.3) is 10.2 Å². The van der Waals surface area contributed by atoms with Gasteiger partial charge in [0.2, 0.25) is 0 Å². The molecule has 0 bridgehead atoms. The molecule has 2 N–H and O–H groups in total. The molecular formula is C9H9BrN2OS2. The van der Waals surface area contributed by atoms with Crippen LogP contribution in [0.2, 0.25) is 0 Å². The van der Waals surface area contributed by atoms with Gasteiger partial charge in [0.15, 0.2) is 0 Å². The van der Waals surface area contributed by atoms with Gasteiger partial charge >= 0.3 is 0 Å². The van der Waals surface area contributed by atoms with Crippen LogP contribution in [0.3, 0.4) is 0 Å². The van der Waals surface area contributed by atoms with E-state index in [-0.39, 0.29) is 5.91 Å². The summed E-state index contributed by atoms with van der Waals surface area (Å²) in [6, 6.07) is 1.86. The van der Waals surface area contributed by atoms with E-state index in [1.165, 1.54) is 0 Å². The first-order valence-electron chi connectivity index (χ1n) is 4.37. The zero-order valence-electron chi connectivity index (χ0n) is 7.71. The van der Waals surface area contributed by atoms with Crippen LogP contribution in [-0.4, -0.2) is 23.2 Å². The van der Waals surface area contributed by atoms with Crippen molar-refractivity contribution in [3.05, 3.63) is 21.6 Å². The number of thiol groups is 1. The largest absolute Gasteiger partial charge is 0.350 e. The Morgan fingerprint density at radius 3 is 3.13 bits per heavy atom. The highest BCUT2D eigenvalue weighted by molar-refractivity contribution is 9.10. The Balaban J connectivity index is 2.24. The van der Waals surface area contributed by atoms with E-state index in [0.29, 0.717) is 18.0 Å². The van der Waals surface area contributed by atoms with Gasteiger partial charge in [0, 0.05) is 17.7 Å². The van der Waals surface area contributed by atoms with Crippen LogP contribution in [0.5, 0.6) is 0 Å². The number of halogens is 1. The van der Waals surface area contributed by atoms with Crippen LogP contribution >= 0.6 is 39.9 Å². The van der Waals surface area contributed by atoms with Gasteiger partial charge < -0.3 is 10.3 Å². The number of nitrogens with one attached hydrogen (secondary N) is 2. The number of thiophene rings is 1. The van der Waals surface area contributed by atoms with Crippen molar-refractivity contribution < 1.29 is 4.79 Å². The van der Waals surface area contributed by atoms with Gasteiger partial charge in [0.25, 0.3) is 5.91 Å². The molecule has 0 aliphatic heterocycles. The Bertz CT molecular complexity index is 491. The van der Waals surface area contributed by atoms with Gasteiger partial charge in [-0.15, -0.1) is 11.3 Å². The molecule has 0 aliphatic rings. The molecule has 3 nitrogen and oxygen atoms in total. The van der Waals surface area contributed by atoms with Gasteiger partial charge in [0.1, 0.15) is 5.69 Å². The summed E-state index contributed by atoms with van der Waals surface area (Å²) in [6.07, 6.45) is 0. The van der Waals surface area contributed by atoms with Crippen LogP contribution in [0.1, 0.15) is 10.5 Å². The number of aromatic amines is 1. The smallest absolute Gasteiger partial charge is 0.267 e. The average Bonchev–Trinajstić information content (AvgIpc) is 2.78. The Hall–Kier alpha value is -0.460. The first-order valence-corrected chi connectivity index (χ1v) is 6.67. The first kappa shape index (κ1) is 11.0. The Morgan fingerprint density at radius 1 is 1.67 bits per heavy atom. The number of amides is 1. The molecule has 2 rings (SSSR count). The quantitative estimate of drug-likeness (QED) is 0.750. The first-order chi connectivity index (χ1) is 7.22. The molecule has 0 unspecified atom stereocenters. The second-order valence-corrected chi connectivity index (χ2v) is 5.20. The lowest BCUT2D eigenvalue weighted by Gasteiger charge is -1.99. The number of carbonyl (C=O) groups is 1. The summed E-state index contributed by atoms with van der Waals surface area (Å²) in [6.45, 7) is 0.579. The molecule has 80 valence electrons. The van der Waals surface area contributed by atoms with Crippen molar-refractivity contribution in [2.75, 3.05) is 12.3 Å². The van der Waals surface area contributed by atoms with Gasteiger partial charge in [-0.25, -0.2) is 0 Å². The lowest BCUT2D eigenvalue weighted by atomic mass is 10.4. The average molecular weight is 305 g/mol. The number of hydrogen-bond acceptors (Lipinski definition) is 3. The van der Waals surface area contributed by atoms with Crippen LogP contribution < -0.4 is 5.32 Å². The van der Waals surface area contributed by atoms with Crippen molar-refractivity contribution >= 4 is 56.0 Å². The predicted molar refractivity (Wildman–Crippen MR) is 70.1 cm³/mol. The van der Waals surface area contributed by atoms with E-state index < -0.39 is 0 Å². The molecule has 15 heavy (non-hydrogen) atoms. The van der Waals surface area contributed by atoms with E-state index in [0.717, 1.165) is 14.7 Å². The minimum absolute atomic E-state index is 0.0839. The number of H-pyrrole nitrogens is 1. The Kier molecular flexibility index (Phi) is 3.38. The van der Waals surface area contributed by atoms with E-state index >= 15 is 0 Å². The number of carbonyl (C=O) groups excluding carboxylic acids is 1. The Labute approximate surface area is 105 Å². The molecule has 0 atom stereocenters. The van der Waals surface area contributed by atoms with Crippen molar-refractivity contribution in [3.63, 3.8) is 0 Å². The third kappa shape index (κ3) is 2.21. The molecule has 0 radical (unpaired) electrons. The van der Waals surface area contributed by atoms with Crippen molar-refractivity contribution in [3.8, 4) is 0 Å². The summed E-state index contributed by atoms with van der Waals surface area (Å²) in [5.74, 6) is 0.559. The molecular weight excluding hydrogens is 296 g/mol. The van der Waals surface area contributed by atoms with Crippen molar-refractivity contribution in [1.29, 1.82) is 0 Å². The van der Waals surface area contributed by atoms with Crippen molar-refractivity contribution in [2.24, 2.45) is 0 Å². The second-order valence-electron chi connectivity index (χ2n) is 2.99. The maximum Gasteiger partial charge on any atom is 0.267 e. The second kappa shape index (κ2) is 4.59. The van der Waals surface area contributed by atoms with Gasteiger partial charge in [-0.05, 0) is 22.0 Å². The molecule has 2 heterocycles. The monoisotopic (exact) mass is 304 g/mol. The molecule has 2 aromatic rings. The molecule has 2 aromatic heterocycles. The number of aromatic nitrogens is 1. The molecule has 6 heteroatoms. The molecule has 0 saturated carbocycles. The molecule has 1 amide bonds. The minimum Gasteiger partial charge on any atom is -0.350 e. The van der Waals surface area contributed by atoms with Crippen LogP contribution in [-0.2, 0) is 0 Å². The van der Waals surface area contributed by atoms with E-state index in [9.17, 15) is 4.79 Å². The molecule has 0 spiro atoms. The summed E-state index contributed by atoms with van der Waals surface area (Å²) in [5.41, 5.74) is 1.58. The fourth-order valence-electron chi connectivity index (χ4n) is 1.27. The van der Waals surface area contributed by atoms with Crippen LogP contribution in [0.4, 0.5) is 0 Å². The number of hydrogen-bond donors (Lipinski definition) is 3. The van der Waals surface area contributed by atoms with E-state index in [2.05, 4.69) is 38.9 Å². The Morgan fingerprint density at radius 2 is 2.47 bits per heavy atom. The van der Waals surface area contributed by atoms with Gasteiger partial charge in [-0.3, -0.25) is 4.79 Å². The summed E-state index contributed by atoms with van der Waals surface area (Å²) < 4.78 is 2.08. The van der Waals surface area contributed by atoms with Crippen molar-refractivity contribution in [1.82, 2.24) is 10.3 Å². The van der Waals surface area contributed by atoms with Crippen LogP contribution in [0, 0.1) is 0 Å². The zero-order valence-corrected chi connectivity index (χ0v) is 11.0. The standard InChI is InChI=1S/C9H9BrN2OS2/c10-5-4-15-7-3-6(12-8(5)7)9(13)11-1-2-14/h3-4,12,14H,1-2H2,(H,11,13). The summed E-state index contributed by atoms with van der Waals surface area (Å²) >= 11 is 9.05. The number of fused-ring (bicyclic) bond motifs is 1. The van der Waals surface area contributed by atoms with E-state index in [1.807, 2.05) is 11.4 Å². The molecule has 0 aliphatic carbocycles. The third-order valence-electron chi connectivity index (χ3n) is 1.95. The normalized spacial score (nSPS) is 10.8. The number of rotatable bonds is 3. The van der Waals surface area contributed by atoms with Gasteiger partial charge in [-0.2, -0.15) is 12.6 Å². The van der Waals surface area contributed by atoms with Gasteiger partial charge in [-0.1, -0.05) is 0 Å².